The summed E-state index contributed by atoms with van der Waals surface area (Å²) in [5, 5.41) is 0. The van der Waals surface area contributed by atoms with E-state index >= 15 is 0 Å². The summed E-state index contributed by atoms with van der Waals surface area (Å²) in [5.41, 5.74) is 8.97. The second-order valence-corrected chi connectivity index (χ2v) is 5.57. The molecule has 0 saturated carbocycles. The van der Waals surface area contributed by atoms with Crippen LogP contribution in [0.2, 0.25) is 0 Å². The van der Waals surface area contributed by atoms with Crippen molar-refractivity contribution < 1.29 is 0 Å². The number of nitrogens with two attached hydrogens (primary N) is 1. The first-order chi connectivity index (χ1) is 9.10. The maximum atomic E-state index is 6.34. The number of hydrogen-bond donors (Lipinski definition) is 1. The van der Waals surface area contributed by atoms with Gasteiger partial charge in [-0.1, -0.05) is 58.4 Å². The number of hydrogen-bond acceptors (Lipinski definition) is 2. The standard InChI is InChI=1S/C17H30N2/c1-5-14(4)12-19(7-3)13-17(18)16-10-8-15(6-2)9-11-16/h8-11,14,17H,5-7,12-13,18H2,1-4H3. The average molecular weight is 262 g/mol. The van der Waals surface area contributed by atoms with Gasteiger partial charge in [-0.2, -0.15) is 0 Å². The molecule has 0 radical (unpaired) electrons. The molecule has 2 N–H and O–H groups in total. The molecule has 2 heteroatoms. The number of nitrogens with zero attached hydrogens (tertiary/aromatic N) is 1. The van der Waals surface area contributed by atoms with Gasteiger partial charge in [0.2, 0.25) is 0 Å². The molecule has 0 aromatic heterocycles. The van der Waals surface area contributed by atoms with E-state index in [0.717, 1.165) is 32.0 Å². The molecule has 0 heterocycles. The summed E-state index contributed by atoms with van der Waals surface area (Å²) >= 11 is 0. The van der Waals surface area contributed by atoms with Gasteiger partial charge in [-0.05, 0) is 30.0 Å². The van der Waals surface area contributed by atoms with Gasteiger partial charge in [-0.25, -0.2) is 0 Å². The largest absolute Gasteiger partial charge is 0.323 e. The molecule has 1 rings (SSSR count). The van der Waals surface area contributed by atoms with Crippen molar-refractivity contribution in [2.45, 2.75) is 46.6 Å². The predicted octanol–water partition coefficient (Wildman–Crippen LogP) is 3.62. The van der Waals surface area contributed by atoms with Gasteiger partial charge in [0.05, 0.1) is 0 Å². The van der Waals surface area contributed by atoms with E-state index in [1.807, 2.05) is 0 Å². The Hall–Kier alpha value is -0.860. The van der Waals surface area contributed by atoms with Crippen LogP contribution in [0.3, 0.4) is 0 Å². The van der Waals surface area contributed by atoms with E-state index in [1.165, 1.54) is 17.5 Å². The summed E-state index contributed by atoms with van der Waals surface area (Å²) < 4.78 is 0. The van der Waals surface area contributed by atoms with Gasteiger partial charge in [0.15, 0.2) is 0 Å². The van der Waals surface area contributed by atoms with Crippen LogP contribution in [0.4, 0.5) is 0 Å². The summed E-state index contributed by atoms with van der Waals surface area (Å²) in [7, 11) is 0. The van der Waals surface area contributed by atoms with Gasteiger partial charge in [0.25, 0.3) is 0 Å². The molecule has 0 amide bonds. The minimum atomic E-state index is 0.120. The van der Waals surface area contributed by atoms with Gasteiger partial charge in [0.1, 0.15) is 0 Å². The Labute approximate surface area is 119 Å². The van der Waals surface area contributed by atoms with Gasteiger partial charge < -0.3 is 10.6 Å². The molecule has 0 spiro atoms. The highest BCUT2D eigenvalue weighted by atomic mass is 15.1. The molecular weight excluding hydrogens is 232 g/mol. The molecule has 1 aromatic rings. The Bertz CT molecular complexity index is 345. The van der Waals surface area contributed by atoms with Crippen LogP contribution < -0.4 is 5.73 Å². The molecule has 0 saturated heterocycles. The van der Waals surface area contributed by atoms with Crippen LogP contribution in [0.25, 0.3) is 0 Å². The summed E-state index contributed by atoms with van der Waals surface area (Å²) in [4.78, 5) is 2.46. The van der Waals surface area contributed by atoms with Gasteiger partial charge in [-0.15, -0.1) is 0 Å². The maximum absolute atomic E-state index is 6.34. The van der Waals surface area contributed by atoms with Crippen molar-refractivity contribution in [3.8, 4) is 0 Å². The highest BCUT2D eigenvalue weighted by Gasteiger charge is 2.13. The monoisotopic (exact) mass is 262 g/mol. The molecule has 0 aliphatic heterocycles. The minimum absolute atomic E-state index is 0.120. The molecule has 108 valence electrons. The lowest BCUT2D eigenvalue weighted by Gasteiger charge is -2.27. The van der Waals surface area contributed by atoms with Crippen molar-refractivity contribution in [3.63, 3.8) is 0 Å². The van der Waals surface area contributed by atoms with E-state index in [0.29, 0.717) is 0 Å². The lowest BCUT2D eigenvalue weighted by atomic mass is 10.0. The zero-order valence-electron chi connectivity index (χ0n) is 13.0. The number of likely N-dealkylation sites (N-methyl/N-ethyl adjacent to an activating group) is 1. The Morgan fingerprint density at radius 2 is 1.68 bits per heavy atom. The molecule has 2 atom stereocenters. The molecule has 0 fully saturated rings. The Morgan fingerprint density at radius 3 is 2.16 bits per heavy atom. The quantitative estimate of drug-likeness (QED) is 0.775. The normalized spacial score (nSPS) is 14.6. The SMILES string of the molecule is CCc1ccc(C(N)CN(CC)CC(C)CC)cc1. The first-order valence-electron chi connectivity index (χ1n) is 7.67. The molecule has 0 aliphatic carbocycles. The summed E-state index contributed by atoms with van der Waals surface area (Å²) in [6, 6.07) is 8.87. The predicted molar refractivity (Wildman–Crippen MR) is 84.3 cm³/mol. The zero-order valence-corrected chi connectivity index (χ0v) is 13.0. The van der Waals surface area contributed by atoms with E-state index in [1.54, 1.807) is 0 Å². The van der Waals surface area contributed by atoms with Crippen LogP contribution in [0.1, 0.15) is 51.3 Å². The number of rotatable bonds is 8. The van der Waals surface area contributed by atoms with E-state index < -0.39 is 0 Å². The molecular formula is C17H30N2. The van der Waals surface area contributed by atoms with Crippen LogP contribution in [0.5, 0.6) is 0 Å². The highest BCUT2D eigenvalue weighted by Crippen LogP contribution is 2.15. The first-order valence-corrected chi connectivity index (χ1v) is 7.67. The molecule has 2 nitrogen and oxygen atoms in total. The Kier molecular flexibility index (Phi) is 7.11. The summed E-state index contributed by atoms with van der Waals surface area (Å²) in [6.07, 6.45) is 2.32. The third-order valence-corrected chi connectivity index (χ3v) is 3.99. The van der Waals surface area contributed by atoms with Crippen molar-refractivity contribution in [1.82, 2.24) is 4.90 Å². The fourth-order valence-electron chi connectivity index (χ4n) is 2.29. The van der Waals surface area contributed by atoms with Crippen molar-refractivity contribution in [1.29, 1.82) is 0 Å². The van der Waals surface area contributed by atoms with Crippen LogP contribution in [0, 0.1) is 5.92 Å². The average Bonchev–Trinajstić information content (AvgIpc) is 2.46. The number of aryl methyl sites for hydroxylation is 1. The molecule has 0 bridgehead atoms. The van der Waals surface area contributed by atoms with Crippen LogP contribution in [-0.4, -0.2) is 24.5 Å². The second-order valence-electron chi connectivity index (χ2n) is 5.57. The van der Waals surface area contributed by atoms with Crippen molar-refractivity contribution in [2.75, 3.05) is 19.6 Å². The molecule has 2 unspecified atom stereocenters. The third-order valence-electron chi connectivity index (χ3n) is 3.99. The fourth-order valence-corrected chi connectivity index (χ4v) is 2.29. The van der Waals surface area contributed by atoms with Gasteiger partial charge in [-0.3, -0.25) is 0 Å². The van der Waals surface area contributed by atoms with Crippen molar-refractivity contribution >= 4 is 0 Å². The molecule has 19 heavy (non-hydrogen) atoms. The Morgan fingerprint density at radius 1 is 1.05 bits per heavy atom. The van der Waals surface area contributed by atoms with Crippen LogP contribution in [0.15, 0.2) is 24.3 Å². The van der Waals surface area contributed by atoms with E-state index in [-0.39, 0.29) is 6.04 Å². The minimum Gasteiger partial charge on any atom is -0.323 e. The molecule has 1 aromatic carbocycles. The number of benzene rings is 1. The lowest BCUT2D eigenvalue weighted by molar-refractivity contribution is 0.232. The van der Waals surface area contributed by atoms with E-state index in [2.05, 4.69) is 56.9 Å². The summed E-state index contributed by atoms with van der Waals surface area (Å²) in [6.45, 7) is 12.1. The highest BCUT2D eigenvalue weighted by molar-refractivity contribution is 5.25. The fraction of sp³-hybridized carbons (Fsp3) is 0.647. The Balaban J connectivity index is 2.57. The smallest absolute Gasteiger partial charge is 0.0424 e. The van der Waals surface area contributed by atoms with Crippen molar-refractivity contribution in [2.24, 2.45) is 11.7 Å². The third kappa shape index (κ3) is 5.33. The lowest BCUT2D eigenvalue weighted by Crippen LogP contribution is -2.35. The second kappa shape index (κ2) is 8.34. The topological polar surface area (TPSA) is 29.3 Å². The summed E-state index contributed by atoms with van der Waals surface area (Å²) in [5.74, 6) is 0.745. The van der Waals surface area contributed by atoms with Gasteiger partial charge >= 0.3 is 0 Å². The molecule has 0 aliphatic rings. The van der Waals surface area contributed by atoms with E-state index in [4.69, 9.17) is 5.73 Å². The van der Waals surface area contributed by atoms with Crippen LogP contribution in [-0.2, 0) is 6.42 Å². The zero-order chi connectivity index (χ0) is 14.3. The van der Waals surface area contributed by atoms with E-state index in [9.17, 15) is 0 Å². The van der Waals surface area contributed by atoms with Crippen LogP contribution >= 0.6 is 0 Å². The van der Waals surface area contributed by atoms with Gasteiger partial charge in [0, 0.05) is 19.1 Å². The van der Waals surface area contributed by atoms with Crippen molar-refractivity contribution in [3.05, 3.63) is 35.4 Å². The maximum Gasteiger partial charge on any atom is 0.0424 e. The first kappa shape index (κ1) is 16.2.